The second kappa shape index (κ2) is 8.48. The van der Waals surface area contributed by atoms with Crippen LogP contribution in [0.1, 0.15) is 36.1 Å². The topological polar surface area (TPSA) is 32.3 Å². The molecule has 1 fully saturated rings. The van der Waals surface area contributed by atoms with E-state index < -0.39 is 0 Å². The van der Waals surface area contributed by atoms with Gasteiger partial charge in [0.15, 0.2) is 0 Å². The summed E-state index contributed by atoms with van der Waals surface area (Å²) >= 11 is 1.75. The van der Waals surface area contributed by atoms with Crippen molar-refractivity contribution in [3.63, 3.8) is 0 Å². The third-order valence-corrected chi connectivity index (χ3v) is 5.63. The van der Waals surface area contributed by atoms with E-state index in [0.717, 1.165) is 50.0 Å². The number of rotatable bonds is 6. The van der Waals surface area contributed by atoms with E-state index in [9.17, 15) is 9.18 Å². The number of halogens is 1. The minimum atomic E-state index is -0.200. The molecule has 1 aromatic heterocycles. The summed E-state index contributed by atoms with van der Waals surface area (Å²) < 4.78 is 13.3. The monoisotopic (exact) mass is 360 g/mol. The van der Waals surface area contributed by atoms with Crippen molar-refractivity contribution >= 4 is 22.9 Å². The number of aryl methyl sites for hydroxylation is 2. The number of carbonyl (C=O) groups is 1. The standard InChI is InChI=1S/C20H25FN2OS/c1-15-13-16(21)9-10-19(15)23-11-3-5-17(14-23)22-20(24)8-2-6-18-7-4-12-25-18/h4,7,9-10,12-13,17H,2-3,5-6,8,11,14H2,1H3,(H,22,24). The first-order valence-electron chi connectivity index (χ1n) is 8.94. The molecule has 134 valence electrons. The highest BCUT2D eigenvalue weighted by Crippen LogP contribution is 2.24. The maximum Gasteiger partial charge on any atom is 0.220 e. The third-order valence-electron chi connectivity index (χ3n) is 4.69. The lowest BCUT2D eigenvalue weighted by atomic mass is 10.0. The van der Waals surface area contributed by atoms with Gasteiger partial charge in [-0.15, -0.1) is 11.3 Å². The quantitative estimate of drug-likeness (QED) is 0.833. The summed E-state index contributed by atoms with van der Waals surface area (Å²) in [6, 6.07) is 9.26. The van der Waals surface area contributed by atoms with Gasteiger partial charge in [0.05, 0.1) is 0 Å². The van der Waals surface area contributed by atoms with Gasteiger partial charge in [0.25, 0.3) is 0 Å². The Hall–Kier alpha value is -1.88. The number of hydrogen-bond acceptors (Lipinski definition) is 3. The Labute approximate surface area is 152 Å². The van der Waals surface area contributed by atoms with Gasteiger partial charge in [-0.25, -0.2) is 4.39 Å². The minimum absolute atomic E-state index is 0.138. The van der Waals surface area contributed by atoms with Crippen molar-refractivity contribution in [2.45, 2.75) is 45.1 Å². The average molecular weight is 360 g/mol. The summed E-state index contributed by atoms with van der Waals surface area (Å²) in [4.78, 5) is 15.8. The van der Waals surface area contributed by atoms with Crippen LogP contribution in [0.25, 0.3) is 0 Å². The number of nitrogens with one attached hydrogen (secondary N) is 1. The van der Waals surface area contributed by atoms with Crippen LogP contribution in [0, 0.1) is 12.7 Å². The third kappa shape index (κ3) is 5.05. The fraction of sp³-hybridized carbons (Fsp3) is 0.450. The lowest BCUT2D eigenvalue weighted by Gasteiger charge is -2.35. The molecule has 3 nitrogen and oxygen atoms in total. The molecule has 1 N–H and O–H groups in total. The number of nitrogens with zero attached hydrogens (tertiary/aromatic N) is 1. The van der Waals surface area contributed by atoms with Crippen LogP contribution in [0.3, 0.4) is 0 Å². The zero-order valence-corrected chi connectivity index (χ0v) is 15.4. The summed E-state index contributed by atoms with van der Waals surface area (Å²) in [5.74, 6) is -0.0620. The average Bonchev–Trinajstić information content (AvgIpc) is 3.08. The Bertz CT molecular complexity index is 702. The van der Waals surface area contributed by atoms with E-state index in [0.29, 0.717) is 6.42 Å². The Morgan fingerprint density at radius 2 is 2.28 bits per heavy atom. The van der Waals surface area contributed by atoms with E-state index in [1.165, 1.54) is 10.9 Å². The number of benzene rings is 1. The fourth-order valence-corrected chi connectivity index (χ4v) is 4.22. The van der Waals surface area contributed by atoms with Gasteiger partial charge in [0.1, 0.15) is 5.82 Å². The zero-order valence-electron chi connectivity index (χ0n) is 14.6. The summed E-state index contributed by atoms with van der Waals surface area (Å²) in [7, 11) is 0. The number of carbonyl (C=O) groups excluding carboxylic acids is 1. The van der Waals surface area contributed by atoms with Crippen molar-refractivity contribution in [3.05, 3.63) is 52.0 Å². The van der Waals surface area contributed by atoms with Crippen LogP contribution in [0.5, 0.6) is 0 Å². The molecule has 0 radical (unpaired) electrons. The molecular formula is C20H25FN2OS. The Kier molecular flexibility index (Phi) is 6.08. The van der Waals surface area contributed by atoms with Crippen molar-refractivity contribution in [3.8, 4) is 0 Å². The Balaban J connectivity index is 1.48. The normalized spacial score (nSPS) is 17.5. The van der Waals surface area contributed by atoms with Crippen LogP contribution in [-0.4, -0.2) is 25.0 Å². The first-order valence-corrected chi connectivity index (χ1v) is 9.82. The summed E-state index contributed by atoms with van der Waals surface area (Å²) in [5, 5.41) is 5.25. The van der Waals surface area contributed by atoms with Crippen LogP contribution < -0.4 is 10.2 Å². The molecule has 0 aliphatic carbocycles. The van der Waals surface area contributed by atoms with Gasteiger partial charge < -0.3 is 10.2 Å². The lowest BCUT2D eigenvalue weighted by molar-refractivity contribution is -0.121. The Morgan fingerprint density at radius 3 is 3.04 bits per heavy atom. The maximum absolute atomic E-state index is 13.3. The molecule has 3 rings (SSSR count). The second-order valence-electron chi connectivity index (χ2n) is 6.72. The molecule has 5 heteroatoms. The van der Waals surface area contributed by atoms with Crippen LogP contribution >= 0.6 is 11.3 Å². The number of thiophene rings is 1. The van der Waals surface area contributed by atoms with E-state index >= 15 is 0 Å². The molecule has 1 saturated heterocycles. The van der Waals surface area contributed by atoms with E-state index in [-0.39, 0.29) is 17.8 Å². The molecule has 0 bridgehead atoms. The molecule has 1 atom stereocenters. The number of anilines is 1. The molecule has 1 aliphatic rings. The van der Waals surface area contributed by atoms with Crippen molar-refractivity contribution in [1.29, 1.82) is 0 Å². The van der Waals surface area contributed by atoms with Gasteiger partial charge >= 0.3 is 0 Å². The predicted molar refractivity (Wildman–Crippen MR) is 102 cm³/mol. The first-order chi connectivity index (χ1) is 12.1. The highest BCUT2D eigenvalue weighted by atomic mass is 32.1. The van der Waals surface area contributed by atoms with E-state index in [1.807, 2.05) is 19.1 Å². The summed E-state index contributed by atoms with van der Waals surface area (Å²) in [6.45, 7) is 3.69. The lowest BCUT2D eigenvalue weighted by Crippen LogP contribution is -2.48. The molecule has 1 unspecified atom stereocenters. The maximum atomic E-state index is 13.3. The van der Waals surface area contributed by atoms with E-state index in [1.54, 1.807) is 17.4 Å². The SMILES string of the molecule is Cc1cc(F)ccc1N1CCCC(NC(=O)CCCc2cccs2)C1. The van der Waals surface area contributed by atoms with Crippen LogP contribution in [0.15, 0.2) is 35.7 Å². The van der Waals surface area contributed by atoms with Crippen LogP contribution in [0.4, 0.5) is 10.1 Å². The summed E-state index contributed by atoms with van der Waals surface area (Å²) in [6.07, 6.45) is 4.48. The Morgan fingerprint density at radius 1 is 1.40 bits per heavy atom. The second-order valence-corrected chi connectivity index (χ2v) is 7.75. The number of piperidine rings is 1. The van der Waals surface area contributed by atoms with Crippen molar-refractivity contribution < 1.29 is 9.18 Å². The molecule has 1 aliphatic heterocycles. The molecular weight excluding hydrogens is 335 g/mol. The molecule has 1 aromatic carbocycles. The van der Waals surface area contributed by atoms with E-state index in [2.05, 4.69) is 21.7 Å². The summed E-state index contributed by atoms with van der Waals surface area (Å²) in [5.41, 5.74) is 2.01. The molecule has 2 aromatic rings. The van der Waals surface area contributed by atoms with Crippen molar-refractivity contribution in [2.24, 2.45) is 0 Å². The van der Waals surface area contributed by atoms with Gasteiger partial charge in [0.2, 0.25) is 5.91 Å². The number of hydrogen-bond donors (Lipinski definition) is 1. The zero-order chi connectivity index (χ0) is 17.6. The fourth-order valence-electron chi connectivity index (χ4n) is 3.47. The molecule has 0 saturated carbocycles. The van der Waals surface area contributed by atoms with Gasteiger partial charge in [-0.1, -0.05) is 6.07 Å². The van der Waals surface area contributed by atoms with Crippen molar-refractivity contribution in [1.82, 2.24) is 5.32 Å². The van der Waals surface area contributed by atoms with Crippen molar-refractivity contribution in [2.75, 3.05) is 18.0 Å². The van der Waals surface area contributed by atoms with Crippen LogP contribution in [0.2, 0.25) is 0 Å². The van der Waals surface area contributed by atoms with Gasteiger partial charge in [0, 0.05) is 36.1 Å². The molecule has 0 spiro atoms. The van der Waals surface area contributed by atoms with Gasteiger partial charge in [-0.05, 0) is 67.8 Å². The molecule has 2 heterocycles. The van der Waals surface area contributed by atoms with Gasteiger partial charge in [-0.2, -0.15) is 0 Å². The predicted octanol–water partition coefficient (Wildman–Crippen LogP) is 4.30. The molecule has 25 heavy (non-hydrogen) atoms. The van der Waals surface area contributed by atoms with Gasteiger partial charge in [-0.3, -0.25) is 4.79 Å². The van der Waals surface area contributed by atoms with E-state index in [4.69, 9.17) is 0 Å². The van der Waals surface area contributed by atoms with Crippen LogP contribution in [-0.2, 0) is 11.2 Å². The first kappa shape index (κ1) is 17.9. The molecule has 1 amide bonds. The largest absolute Gasteiger partial charge is 0.369 e. The smallest absolute Gasteiger partial charge is 0.220 e. The highest BCUT2D eigenvalue weighted by molar-refractivity contribution is 7.09. The number of amides is 1. The highest BCUT2D eigenvalue weighted by Gasteiger charge is 2.22. The minimum Gasteiger partial charge on any atom is -0.369 e.